The molecule has 0 aliphatic heterocycles. The number of nitrogens with zero attached hydrogens (tertiary/aromatic N) is 4. The van der Waals surface area contributed by atoms with Gasteiger partial charge in [-0.1, -0.05) is 107 Å². The number of halogens is 1. The molecule has 4 nitrogen and oxygen atoms in total. The minimum Gasteiger partial charge on any atom is -0.220 e. The van der Waals surface area contributed by atoms with Crippen molar-refractivity contribution in [2.24, 2.45) is 0 Å². The molecule has 0 bridgehead atoms. The van der Waals surface area contributed by atoms with Crippen LogP contribution in [0.5, 0.6) is 0 Å². The molecular formula is C22H19BrN4. The van der Waals surface area contributed by atoms with Crippen LogP contribution in [0, 0.1) is 0 Å². The largest absolute Gasteiger partial charge is 0.220 e. The first-order valence-corrected chi connectivity index (χ1v) is 9.79. The molecule has 134 valence electrons. The van der Waals surface area contributed by atoms with Crippen molar-refractivity contribution in [3.63, 3.8) is 0 Å². The first-order chi connectivity index (χ1) is 13.3. The fourth-order valence-corrected chi connectivity index (χ4v) is 4.06. The van der Waals surface area contributed by atoms with Crippen LogP contribution in [0.1, 0.15) is 33.4 Å². The molecule has 27 heavy (non-hydrogen) atoms. The molecule has 5 heteroatoms. The van der Waals surface area contributed by atoms with Crippen LogP contribution in [0.15, 0.2) is 91.0 Å². The van der Waals surface area contributed by atoms with Crippen molar-refractivity contribution < 1.29 is 0 Å². The lowest BCUT2D eigenvalue weighted by molar-refractivity contribution is 0.485. The van der Waals surface area contributed by atoms with Crippen molar-refractivity contribution in [3.05, 3.63) is 114 Å². The van der Waals surface area contributed by atoms with Crippen LogP contribution < -0.4 is 0 Å². The summed E-state index contributed by atoms with van der Waals surface area (Å²) >= 11 is 3.91. The highest BCUT2D eigenvalue weighted by atomic mass is 79.9. The molecule has 0 aliphatic carbocycles. The van der Waals surface area contributed by atoms with Crippen molar-refractivity contribution in [3.8, 4) is 0 Å². The van der Waals surface area contributed by atoms with Gasteiger partial charge in [-0.25, -0.2) is 4.68 Å². The molecule has 0 spiro atoms. The number of hydrogen-bond acceptors (Lipinski definition) is 3. The lowest BCUT2D eigenvalue weighted by Gasteiger charge is -2.24. The Morgan fingerprint density at radius 3 is 1.93 bits per heavy atom. The Morgan fingerprint density at radius 1 is 0.741 bits per heavy atom. The Hall–Kier alpha value is -2.79. The normalized spacial score (nSPS) is 13.2. The molecule has 1 heterocycles. The average Bonchev–Trinajstić information content (AvgIpc) is 3.18. The Bertz CT molecular complexity index is 971. The minimum absolute atomic E-state index is 0.0409. The Balaban J connectivity index is 1.75. The van der Waals surface area contributed by atoms with Gasteiger partial charge in [-0.15, -0.1) is 5.10 Å². The maximum atomic E-state index is 4.36. The summed E-state index contributed by atoms with van der Waals surface area (Å²) in [6.07, 6.45) is 0.686. The summed E-state index contributed by atoms with van der Waals surface area (Å²) < 4.78 is 1.94. The second-order valence-corrected chi connectivity index (χ2v) is 7.36. The molecule has 0 N–H and O–H groups in total. The van der Waals surface area contributed by atoms with Gasteiger partial charge in [-0.3, -0.25) is 0 Å². The molecule has 0 radical (unpaired) electrons. The van der Waals surface area contributed by atoms with Crippen LogP contribution >= 0.6 is 15.9 Å². The molecule has 0 unspecified atom stereocenters. The van der Waals surface area contributed by atoms with E-state index < -0.39 is 0 Å². The van der Waals surface area contributed by atoms with Gasteiger partial charge in [0.25, 0.3) is 0 Å². The van der Waals surface area contributed by atoms with Crippen molar-refractivity contribution in [1.82, 2.24) is 20.2 Å². The first-order valence-electron chi connectivity index (χ1n) is 8.87. The van der Waals surface area contributed by atoms with Crippen LogP contribution in [0.25, 0.3) is 0 Å². The number of aromatic nitrogens is 4. The van der Waals surface area contributed by atoms with Crippen LogP contribution in [0.3, 0.4) is 0 Å². The third kappa shape index (κ3) is 3.98. The first kappa shape index (κ1) is 17.6. The number of benzene rings is 3. The number of tetrazole rings is 1. The van der Waals surface area contributed by atoms with E-state index in [9.17, 15) is 0 Å². The fraction of sp³-hybridized carbons (Fsp3) is 0.136. The Morgan fingerprint density at radius 2 is 1.30 bits per heavy atom. The van der Waals surface area contributed by atoms with Gasteiger partial charge in [-0.2, -0.15) is 0 Å². The predicted molar refractivity (Wildman–Crippen MR) is 110 cm³/mol. The van der Waals surface area contributed by atoms with Gasteiger partial charge in [0, 0.05) is 6.42 Å². The zero-order valence-corrected chi connectivity index (χ0v) is 16.3. The molecular weight excluding hydrogens is 400 g/mol. The summed E-state index contributed by atoms with van der Waals surface area (Å²) in [7, 11) is 0. The summed E-state index contributed by atoms with van der Waals surface area (Å²) in [5, 5.41) is 12.7. The molecule has 0 fully saturated rings. The quantitative estimate of drug-likeness (QED) is 0.414. The van der Waals surface area contributed by atoms with Gasteiger partial charge in [-0.05, 0) is 27.1 Å². The predicted octanol–water partition coefficient (Wildman–Crippen LogP) is 4.99. The summed E-state index contributed by atoms with van der Waals surface area (Å²) in [4.78, 5) is 0.0409. The van der Waals surface area contributed by atoms with E-state index >= 15 is 0 Å². The van der Waals surface area contributed by atoms with Gasteiger partial charge in [0.05, 0.1) is 10.9 Å². The topological polar surface area (TPSA) is 43.6 Å². The molecule has 3 aromatic carbocycles. The Kier molecular flexibility index (Phi) is 5.39. The standard InChI is InChI=1S/C22H19BrN4/c23-21(18-12-6-2-7-13-18)22(19-14-8-3-9-15-19)27-20(24-25-26-27)16-17-10-4-1-5-11-17/h1-15,21-22H,16H2/t21-,22+/m0/s1. The van der Waals surface area contributed by atoms with E-state index in [1.54, 1.807) is 0 Å². The molecule has 2 atom stereocenters. The van der Waals surface area contributed by atoms with Gasteiger partial charge in [0.1, 0.15) is 0 Å². The Labute approximate surface area is 167 Å². The lowest BCUT2D eigenvalue weighted by atomic mass is 9.98. The van der Waals surface area contributed by atoms with Gasteiger partial charge in [0.15, 0.2) is 5.82 Å². The second kappa shape index (κ2) is 8.27. The number of rotatable bonds is 6. The molecule has 1 aromatic heterocycles. The molecule has 0 saturated carbocycles. The molecule has 4 rings (SSSR count). The molecule has 0 saturated heterocycles. The van der Waals surface area contributed by atoms with E-state index in [4.69, 9.17) is 0 Å². The lowest BCUT2D eigenvalue weighted by Crippen LogP contribution is -2.20. The van der Waals surface area contributed by atoms with Crippen LogP contribution in [-0.4, -0.2) is 20.2 Å². The number of alkyl halides is 1. The van der Waals surface area contributed by atoms with Crippen molar-refractivity contribution in [1.29, 1.82) is 0 Å². The third-order valence-corrected chi connectivity index (χ3v) is 5.60. The van der Waals surface area contributed by atoms with Crippen molar-refractivity contribution in [2.75, 3.05) is 0 Å². The zero-order chi connectivity index (χ0) is 18.5. The fourth-order valence-electron chi connectivity index (χ4n) is 3.23. The summed E-state index contributed by atoms with van der Waals surface area (Å²) in [6.45, 7) is 0. The highest BCUT2D eigenvalue weighted by molar-refractivity contribution is 9.09. The maximum absolute atomic E-state index is 4.36. The minimum atomic E-state index is -0.0534. The summed E-state index contributed by atoms with van der Waals surface area (Å²) in [5.41, 5.74) is 3.53. The van der Waals surface area contributed by atoms with Crippen LogP contribution in [0.4, 0.5) is 0 Å². The van der Waals surface area contributed by atoms with E-state index in [0.717, 1.165) is 11.4 Å². The van der Waals surface area contributed by atoms with Gasteiger partial charge in [0.2, 0.25) is 0 Å². The monoisotopic (exact) mass is 418 g/mol. The molecule has 4 aromatic rings. The van der Waals surface area contributed by atoms with Crippen molar-refractivity contribution in [2.45, 2.75) is 17.3 Å². The highest BCUT2D eigenvalue weighted by Crippen LogP contribution is 2.39. The average molecular weight is 419 g/mol. The molecule has 0 amide bonds. The maximum Gasteiger partial charge on any atom is 0.156 e. The second-order valence-electron chi connectivity index (χ2n) is 6.37. The molecule has 0 aliphatic rings. The van der Waals surface area contributed by atoms with Crippen LogP contribution in [0.2, 0.25) is 0 Å². The van der Waals surface area contributed by atoms with E-state index in [1.165, 1.54) is 11.1 Å². The summed E-state index contributed by atoms with van der Waals surface area (Å²) in [5.74, 6) is 0.843. The zero-order valence-electron chi connectivity index (χ0n) is 14.7. The SMILES string of the molecule is Br[C@@H](c1ccccc1)[C@@H](c1ccccc1)n1nnnc1Cc1ccccc1. The van der Waals surface area contributed by atoms with E-state index in [1.807, 2.05) is 47.1 Å². The van der Waals surface area contributed by atoms with Crippen molar-refractivity contribution >= 4 is 15.9 Å². The van der Waals surface area contributed by atoms with E-state index in [0.29, 0.717) is 6.42 Å². The highest BCUT2D eigenvalue weighted by Gasteiger charge is 2.27. The van der Waals surface area contributed by atoms with E-state index in [2.05, 4.69) is 80.0 Å². The third-order valence-electron chi connectivity index (χ3n) is 4.57. The smallest absolute Gasteiger partial charge is 0.156 e. The van der Waals surface area contributed by atoms with Gasteiger partial charge >= 0.3 is 0 Å². The van der Waals surface area contributed by atoms with Gasteiger partial charge < -0.3 is 0 Å². The van der Waals surface area contributed by atoms with Crippen LogP contribution in [-0.2, 0) is 6.42 Å². The van der Waals surface area contributed by atoms with E-state index in [-0.39, 0.29) is 10.9 Å². The summed E-state index contributed by atoms with van der Waals surface area (Å²) in [6, 6.07) is 31.0. The number of hydrogen-bond donors (Lipinski definition) is 0.